The van der Waals surface area contributed by atoms with Crippen molar-refractivity contribution in [1.82, 2.24) is 14.7 Å². The number of likely N-dealkylation sites (tertiary alicyclic amines) is 1. The van der Waals surface area contributed by atoms with E-state index in [1.165, 1.54) is 41.8 Å². The Morgan fingerprint density at radius 1 is 1.37 bits per heavy atom. The van der Waals surface area contributed by atoms with Gasteiger partial charge < -0.3 is 0 Å². The van der Waals surface area contributed by atoms with Crippen LogP contribution in [0.2, 0.25) is 0 Å². The number of halogens is 2. The Bertz CT molecular complexity index is 417. The summed E-state index contributed by atoms with van der Waals surface area (Å²) in [6.07, 6.45) is 3.66. The lowest BCUT2D eigenvalue weighted by molar-refractivity contribution is 0.174. The predicted molar refractivity (Wildman–Crippen MR) is 86.8 cm³/mol. The highest BCUT2D eigenvalue weighted by molar-refractivity contribution is 9.10. The summed E-state index contributed by atoms with van der Waals surface area (Å²) in [4.78, 5) is 2.57. The summed E-state index contributed by atoms with van der Waals surface area (Å²) < 4.78 is 3.37. The summed E-state index contributed by atoms with van der Waals surface area (Å²) in [7, 11) is 0. The Kier molecular flexibility index (Phi) is 5.90. The van der Waals surface area contributed by atoms with Crippen molar-refractivity contribution in [3.05, 3.63) is 15.9 Å². The molecule has 1 saturated heterocycles. The standard InChI is InChI=1S/C14H23Br2N3/c1-3-12-14(16)13(19(4-2)17-12)10-18-7-5-6-11(8-15)9-18/h11H,3-10H2,1-2H3. The Balaban J connectivity index is 2.11. The number of hydrogen-bond donors (Lipinski definition) is 0. The lowest BCUT2D eigenvalue weighted by Gasteiger charge is -2.31. The van der Waals surface area contributed by atoms with Crippen molar-refractivity contribution >= 4 is 31.9 Å². The Hall–Kier alpha value is 0.130. The third-order valence-corrected chi connectivity index (χ3v) is 5.72. The molecule has 19 heavy (non-hydrogen) atoms. The molecule has 1 atom stereocenters. The number of rotatable bonds is 5. The Labute approximate surface area is 133 Å². The van der Waals surface area contributed by atoms with Crippen LogP contribution in [0.3, 0.4) is 0 Å². The first kappa shape index (κ1) is 15.5. The monoisotopic (exact) mass is 391 g/mol. The molecule has 1 fully saturated rings. The Morgan fingerprint density at radius 2 is 2.16 bits per heavy atom. The number of piperidine rings is 1. The second kappa shape index (κ2) is 7.23. The van der Waals surface area contributed by atoms with Crippen molar-refractivity contribution in [2.24, 2.45) is 5.92 Å². The summed E-state index contributed by atoms with van der Waals surface area (Å²) in [5.74, 6) is 0.802. The number of aromatic nitrogens is 2. The van der Waals surface area contributed by atoms with E-state index in [-0.39, 0.29) is 0 Å². The van der Waals surface area contributed by atoms with E-state index < -0.39 is 0 Å². The maximum Gasteiger partial charge on any atom is 0.0767 e. The molecule has 0 aliphatic carbocycles. The maximum atomic E-state index is 4.69. The van der Waals surface area contributed by atoms with Gasteiger partial charge in [0.25, 0.3) is 0 Å². The SMILES string of the molecule is CCc1nn(CC)c(CN2CCCC(CBr)C2)c1Br. The normalized spacial score (nSPS) is 20.9. The third kappa shape index (κ3) is 3.61. The summed E-state index contributed by atoms with van der Waals surface area (Å²) in [5, 5.41) is 5.81. The lowest BCUT2D eigenvalue weighted by atomic mass is 10.0. The average molecular weight is 393 g/mol. The molecule has 5 heteroatoms. The molecule has 1 aromatic rings. The summed E-state index contributed by atoms with van der Waals surface area (Å²) >= 11 is 7.37. The van der Waals surface area contributed by atoms with Gasteiger partial charge in [-0.25, -0.2) is 0 Å². The van der Waals surface area contributed by atoms with Gasteiger partial charge in [0.1, 0.15) is 0 Å². The van der Waals surface area contributed by atoms with Gasteiger partial charge in [-0.2, -0.15) is 5.10 Å². The first-order chi connectivity index (χ1) is 9.19. The van der Waals surface area contributed by atoms with Crippen molar-refractivity contribution in [3.63, 3.8) is 0 Å². The highest BCUT2D eigenvalue weighted by Crippen LogP contribution is 2.26. The molecule has 0 spiro atoms. The number of nitrogens with zero attached hydrogens (tertiary/aromatic N) is 3. The molecule has 1 unspecified atom stereocenters. The van der Waals surface area contributed by atoms with Crippen LogP contribution in [0.5, 0.6) is 0 Å². The van der Waals surface area contributed by atoms with E-state index in [9.17, 15) is 0 Å². The van der Waals surface area contributed by atoms with E-state index in [2.05, 4.69) is 60.4 Å². The molecule has 0 amide bonds. The molecule has 0 N–H and O–H groups in total. The van der Waals surface area contributed by atoms with E-state index in [0.717, 1.165) is 30.8 Å². The topological polar surface area (TPSA) is 21.1 Å². The molecule has 0 saturated carbocycles. The highest BCUT2D eigenvalue weighted by atomic mass is 79.9. The van der Waals surface area contributed by atoms with Gasteiger partial charge in [-0.3, -0.25) is 9.58 Å². The first-order valence-electron chi connectivity index (χ1n) is 7.21. The summed E-state index contributed by atoms with van der Waals surface area (Å²) in [6, 6.07) is 0. The minimum atomic E-state index is 0.802. The highest BCUT2D eigenvalue weighted by Gasteiger charge is 2.22. The quantitative estimate of drug-likeness (QED) is 0.710. The van der Waals surface area contributed by atoms with Gasteiger partial charge >= 0.3 is 0 Å². The van der Waals surface area contributed by atoms with Crippen molar-refractivity contribution in [2.75, 3.05) is 18.4 Å². The van der Waals surface area contributed by atoms with Crippen molar-refractivity contribution < 1.29 is 0 Å². The predicted octanol–water partition coefficient (Wildman–Crippen LogP) is 3.83. The molecule has 0 radical (unpaired) electrons. The maximum absolute atomic E-state index is 4.69. The van der Waals surface area contributed by atoms with Crippen LogP contribution in [0.4, 0.5) is 0 Å². The zero-order chi connectivity index (χ0) is 13.8. The van der Waals surface area contributed by atoms with Gasteiger partial charge in [0.15, 0.2) is 0 Å². The van der Waals surface area contributed by atoms with E-state index >= 15 is 0 Å². The molecule has 0 aromatic carbocycles. The molecule has 2 heterocycles. The fourth-order valence-corrected chi connectivity index (χ4v) is 4.02. The third-order valence-electron chi connectivity index (χ3n) is 3.89. The van der Waals surface area contributed by atoms with Crippen molar-refractivity contribution in [2.45, 2.75) is 46.2 Å². The van der Waals surface area contributed by atoms with Crippen LogP contribution in [0, 0.1) is 5.92 Å². The largest absolute Gasteiger partial charge is 0.297 e. The van der Waals surface area contributed by atoms with E-state index in [1.54, 1.807) is 0 Å². The van der Waals surface area contributed by atoms with Crippen molar-refractivity contribution in [1.29, 1.82) is 0 Å². The van der Waals surface area contributed by atoms with Crippen LogP contribution in [-0.4, -0.2) is 33.1 Å². The molecule has 0 bridgehead atoms. The first-order valence-corrected chi connectivity index (χ1v) is 9.13. The van der Waals surface area contributed by atoms with E-state index in [1.807, 2.05) is 0 Å². The van der Waals surface area contributed by atoms with Crippen LogP contribution >= 0.6 is 31.9 Å². The molecule has 108 valence electrons. The van der Waals surface area contributed by atoms with Crippen LogP contribution in [-0.2, 0) is 19.5 Å². The van der Waals surface area contributed by atoms with Crippen LogP contribution < -0.4 is 0 Å². The summed E-state index contributed by atoms with van der Waals surface area (Å²) in [5.41, 5.74) is 2.53. The molecular formula is C14H23Br2N3. The van der Waals surface area contributed by atoms with E-state index in [4.69, 9.17) is 0 Å². The van der Waals surface area contributed by atoms with E-state index in [0.29, 0.717) is 0 Å². The number of aryl methyl sites for hydroxylation is 2. The lowest BCUT2D eigenvalue weighted by Crippen LogP contribution is -2.36. The molecule has 3 nitrogen and oxygen atoms in total. The van der Waals surface area contributed by atoms with Crippen molar-refractivity contribution in [3.8, 4) is 0 Å². The minimum Gasteiger partial charge on any atom is -0.297 e. The second-order valence-corrected chi connectivity index (χ2v) is 6.71. The van der Waals surface area contributed by atoms with Gasteiger partial charge in [0, 0.05) is 25.0 Å². The molecule has 1 aliphatic rings. The zero-order valence-electron chi connectivity index (χ0n) is 11.8. The zero-order valence-corrected chi connectivity index (χ0v) is 15.0. The smallest absolute Gasteiger partial charge is 0.0767 e. The number of hydrogen-bond acceptors (Lipinski definition) is 2. The van der Waals surface area contributed by atoms with Gasteiger partial charge in [-0.05, 0) is 54.6 Å². The fourth-order valence-electron chi connectivity index (χ4n) is 2.80. The van der Waals surface area contributed by atoms with Crippen LogP contribution in [0.15, 0.2) is 4.47 Å². The molecule has 1 aliphatic heterocycles. The van der Waals surface area contributed by atoms with Gasteiger partial charge in [-0.1, -0.05) is 22.9 Å². The van der Waals surface area contributed by atoms with Crippen LogP contribution in [0.25, 0.3) is 0 Å². The van der Waals surface area contributed by atoms with Gasteiger partial charge in [0.2, 0.25) is 0 Å². The molecule has 1 aromatic heterocycles. The van der Waals surface area contributed by atoms with Gasteiger partial charge in [-0.15, -0.1) is 0 Å². The average Bonchev–Trinajstić information content (AvgIpc) is 2.75. The second-order valence-electron chi connectivity index (χ2n) is 5.27. The summed E-state index contributed by atoms with van der Waals surface area (Å²) in [6.45, 7) is 8.72. The van der Waals surface area contributed by atoms with Crippen LogP contribution in [0.1, 0.15) is 38.1 Å². The molecular weight excluding hydrogens is 370 g/mol. The number of alkyl halides is 1. The van der Waals surface area contributed by atoms with Gasteiger partial charge in [0.05, 0.1) is 15.9 Å². The molecule has 2 rings (SSSR count). The Morgan fingerprint density at radius 3 is 2.79 bits per heavy atom. The minimum absolute atomic E-state index is 0.802. The fraction of sp³-hybridized carbons (Fsp3) is 0.786.